The first-order chi connectivity index (χ1) is 15.4. The van der Waals surface area contributed by atoms with Crippen molar-refractivity contribution in [3.05, 3.63) is 72.2 Å². The molecule has 0 unspecified atom stereocenters. The average molecular weight is 435 g/mol. The summed E-state index contributed by atoms with van der Waals surface area (Å²) in [5.41, 5.74) is 6.72. The minimum Gasteiger partial charge on any atom is -0.452 e. The zero-order chi connectivity index (χ0) is 23.1. The van der Waals surface area contributed by atoms with E-state index in [1.54, 1.807) is 47.3 Å². The van der Waals surface area contributed by atoms with Gasteiger partial charge in [0.2, 0.25) is 5.91 Å². The molecule has 0 aliphatic rings. The number of nitrogens with zero attached hydrogens (tertiary/aromatic N) is 4. The number of carbonyl (C=O) groups is 3. The van der Waals surface area contributed by atoms with Gasteiger partial charge in [0, 0.05) is 24.8 Å². The van der Waals surface area contributed by atoms with E-state index in [0.717, 1.165) is 0 Å². The molecule has 0 fully saturated rings. The van der Waals surface area contributed by atoms with Crippen LogP contribution in [0.1, 0.15) is 42.2 Å². The Hall–Kier alpha value is -4.01. The van der Waals surface area contributed by atoms with Crippen LogP contribution in [0.3, 0.4) is 0 Å². The highest BCUT2D eigenvalue weighted by atomic mass is 16.5. The van der Waals surface area contributed by atoms with E-state index in [2.05, 4.69) is 10.1 Å². The van der Waals surface area contributed by atoms with E-state index < -0.39 is 24.4 Å². The molecule has 166 valence electrons. The van der Waals surface area contributed by atoms with Gasteiger partial charge in [0.25, 0.3) is 5.91 Å². The Morgan fingerprint density at radius 1 is 1.09 bits per heavy atom. The summed E-state index contributed by atoms with van der Waals surface area (Å²) in [4.78, 5) is 42.5. The SMILES string of the molecule is CC(C)c1c(C(=O)OCC(=O)N(CCC(N)=O)c2ccccc2)cnn1-c1ccccn1. The van der Waals surface area contributed by atoms with Crippen LogP contribution in [-0.4, -0.2) is 45.7 Å². The maximum Gasteiger partial charge on any atom is 0.342 e. The predicted molar refractivity (Wildman–Crippen MR) is 118 cm³/mol. The molecule has 0 aliphatic heterocycles. The summed E-state index contributed by atoms with van der Waals surface area (Å²) >= 11 is 0. The Bertz CT molecular complexity index is 1080. The second kappa shape index (κ2) is 10.3. The third kappa shape index (κ3) is 5.37. The number of carbonyl (C=O) groups excluding carboxylic acids is 3. The molecule has 1 aromatic carbocycles. The van der Waals surface area contributed by atoms with Gasteiger partial charge < -0.3 is 15.4 Å². The molecule has 2 aromatic heterocycles. The molecule has 3 rings (SSSR count). The van der Waals surface area contributed by atoms with Crippen molar-refractivity contribution < 1.29 is 19.1 Å². The fourth-order valence-corrected chi connectivity index (χ4v) is 3.24. The molecule has 2 heterocycles. The smallest absolute Gasteiger partial charge is 0.342 e. The summed E-state index contributed by atoms with van der Waals surface area (Å²) in [6, 6.07) is 14.2. The van der Waals surface area contributed by atoms with Gasteiger partial charge in [0.15, 0.2) is 12.4 Å². The van der Waals surface area contributed by atoms with Crippen LogP contribution in [0, 0.1) is 0 Å². The lowest BCUT2D eigenvalue weighted by atomic mass is 10.1. The minimum absolute atomic E-state index is 0.0110. The molecule has 9 heteroatoms. The largest absolute Gasteiger partial charge is 0.452 e. The first kappa shape index (κ1) is 22.7. The normalized spacial score (nSPS) is 10.7. The highest BCUT2D eigenvalue weighted by Gasteiger charge is 2.24. The van der Waals surface area contributed by atoms with E-state index in [9.17, 15) is 14.4 Å². The van der Waals surface area contributed by atoms with Crippen LogP contribution < -0.4 is 10.6 Å². The van der Waals surface area contributed by atoms with E-state index in [1.807, 2.05) is 26.0 Å². The van der Waals surface area contributed by atoms with Crippen LogP contribution in [0.5, 0.6) is 0 Å². The number of esters is 1. The number of ether oxygens (including phenoxy) is 1. The third-order valence-corrected chi connectivity index (χ3v) is 4.72. The minimum atomic E-state index is -0.660. The third-order valence-electron chi connectivity index (χ3n) is 4.72. The molecule has 2 amide bonds. The van der Waals surface area contributed by atoms with Gasteiger partial charge in [-0.1, -0.05) is 38.1 Å². The van der Waals surface area contributed by atoms with Gasteiger partial charge in [-0.2, -0.15) is 5.10 Å². The van der Waals surface area contributed by atoms with Crippen LogP contribution >= 0.6 is 0 Å². The molecule has 0 saturated carbocycles. The van der Waals surface area contributed by atoms with Crippen LogP contribution in [0.15, 0.2) is 60.9 Å². The quantitative estimate of drug-likeness (QED) is 0.516. The number of pyridine rings is 1. The molecule has 3 aromatic rings. The van der Waals surface area contributed by atoms with Crippen molar-refractivity contribution in [2.24, 2.45) is 5.73 Å². The number of hydrogen-bond acceptors (Lipinski definition) is 6. The van der Waals surface area contributed by atoms with Crippen LogP contribution in [0.2, 0.25) is 0 Å². The number of amides is 2. The van der Waals surface area contributed by atoms with E-state index in [4.69, 9.17) is 10.5 Å². The fourth-order valence-electron chi connectivity index (χ4n) is 3.24. The maximum absolute atomic E-state index is 12.8. The second-order valence-corrected chi connectivity index (χ2v) is 7.37. The summed E-state index contributed by atoms with van der Waals surface area (Å²) in [7, 11) is 0. The lowest BCUT2D eigenvalue weighted by molar-refractivity contribution is -0.121. The Morgan fingerprint density at radius 2 is 1.81 bits per heavy atom. The highest BCUT2D eigenvalue weighted by molar-refractivity contribution is 5.97. The first-order valence-electron chi connectivity index (χ1n) is 10.2. The van der Waals surface area contributed by atoms with Crippen molar-refractivity contribution in [2.75, 3.05) is 18.1 Å². The molecular formula is C23H25N5O4. The Kier molecular flexibility index (Phi) is 7.33. The van der Waals surface area contributed by atoms with Crippen molar-refractivity contribution in [3.63, 3.8) is 0 Å². The molecule has 0 saturated heterocycles. The zero-order valence-electron chi connectivity index (χ0n) is 18.0. The second-order valence-electron chi connectivity index (χ2n) is 7.37. The van der Waals surface area contributed by atoms with Crippen LogP contribution in [-0.2, 0) is 14.3 Å². The summed E-state index contributed by atoms with van der Waals surface area (Å²) in [6.07, 6.45) is 3.05. The summed E-state index contributed by atoms with van der Waals surface area (Å²) in [5.74, 6) is -1.12. The Morgan fingerprint density at radius 3 is 2.44 bits per heavy atom. The fraction of sp³-hybridized carbons (Fsp3) is 0.261. The van der Waals surface area contributed by atoms with Gasteiger partial charge in [-0.15, -0.1) is 0 Å². The van der Waals surface area contributed by atoms with Crippen LogP contribution in [0.4, 0.5) is 5.69 Å². The van der Waals surface area contributed by atoms with Gasteiger partial charge in [0.05, 0.1) is 11.9 Å². The van der Waals surface area contributed by atoms with Crippen molar-refractivity contribution in [3.8, 4) is 5.82 Å². The van der Waals surface area contributed by atoms with Gasteiger partial charge in [0.1, 0.15) is 5.56 Å². The van der Waals surface area contributed by atoms with Gasteiger partial charge in [-0.25, -0.2) is 14.5 Å². The Labute approximate surface area is 185 Å². The standard InChI is InChI=1S/C23H25N5O4/c1-16(2)22-18(14-26-28(22)20-10-6-7-12-25-20)23(31)32-15-21(30)27(13-11-19(24)29)17-8-4-3-5-9-17/h3-10,12,14,16H,11,13,15H2,1-2H3,(H2,24,29). The molecule has 0 bridgehead atoms. The molecule has 32 heavy (non-hydrogen) atoms. The topological polar surface area (TPSA) is 120 Å². The molecule has 9 nitrogen and oxygen atoms in total. The van der Waals surface area contributed by atoms with Crippen molar-refractivity contribution in [2.45, 2.75) is 26.2 Å². The van der Waals surface area contributed by atoms with Crippen molar-refractivity contribution >= 4 is 23.5 Å². The zero-order valence-corrected chi connectivity index (χ0v) is 18.0. The number of primary amides is 1. The van der Waals surface area contributed by atoms with Gasteiger partial charge in [-0.3, -0.25) is 9.59 Å². The number of rotatable bonds is 9. The van der Waals surface area contributed by atoms with E-state index in [0.29, 0.717) is 17.2 Å². The number of aromatic nitrogens is 3. The van der Waals surface area contributed by atoms with Crippen LogP contribution in [0.25, 0.3) is 5.82 Å². The lowest BCUT2D eigenvalue weighted by Gasteiger charge is -2.22. The lowest BCUT2D eigenvalue weighted by Crippen LogP contribution is -2.37. The maximum atomic E-state index is 12.8. The van der Waals surface area contributed by atoms with E-state index in [-0.39, 0.29) is 24.4 Å². The Balaban J connectivity index is 1.76. The number of hydrogen-bond donors (Lipinski definition) is 1. The van der Waals surface area contributed by atoms with Gasteiger partial charge in [-0.05, 0) is 30.2 Å². The number of para-hydroxylation sites is 1. The van der Waals surface area contributed by atoms with E-state index in [1.165, 1.54) is 11.1 Å². The molecule has 0 atom stereocenters. The number of nitrogens with two attached hydrogens (primary N) is 1. The predicted octanol–water partition coefficient (Wildman–Crippen LogP) is 2.46. The number of benzene rings is 1. The van der Waals surface area contributed by atoms with Crippen molar-refractivity contribution in [1.29, 1.82) is 0 Å². The number of anilines is 1. The monoisotopic (exact) mass is 435 g/mol. The molecular weight excluding hydrogens is 410 g/mol. The highest BCUT2D eigenvalue weighted by Crippen LogP contribution is 2.23. The summed E-state index contributed by atoms with van der Waals surface area (Å²) < 4.78 is 6.91. The van der Waals surface area contributed by atoms with Gasteiger partial charge >= 0.3 is 5.97 Å². The molecule has 0 aliphatic carbocycles. The average Bonchev–Trinajstić information content (AvgIpc) is 3.24. The van der Waals surface area contributed by atoms with Crippen molar-refractivity contribution in [1.82, 2.24) is 14.8 Å². The first-order valence-corrected chi connectivity index (χ1v) is 10.2. The molecule has 0 radical (unpaired) electrons. The van der Waals surface area contributed by atoms with E-state index >= 15 is 0 Å². The molecule has 0 spiro atoms. The molecule has 2 N–H and O–H groups in total. The summed E-state index contributed by atoms with van der Waals surface area (Å²) in [6.45, 7) is 3.46. The summed E-state index contributed by atoms with van der Waals surface area (Å²) in [5, 5.41) is 4.29.